The molecule has 1 N–H and O–H groups in total. The lowest BCUT2D eigenvalue weighted by atomic mass is 9.87. The SMILES string of the molecule is Cc1cc(C)n(-c2ccc(C(=O)OCC(=O)Nc3ccc(C(C)(C)C)cc3)cn2)n1. The van der Waals surface area contributed by atoms with E-state index in [0.29, 0.717) is 11.5 Å². The van der Waals surface area contributed by atoms with Gasteiger partial charge in [-0.25, -0.2) is 14.5 Å². The molecule has 0 aliphatic carbocycles. The highest BCUT2D eigenvalue weighted by molar-refractivity contribution is 5.95. The number of nitrogens with one attached hydrogen (secondary N) is 1. The molecule has 30 heavy (non-hydrogen) atoms. The molecule has 0 fully saturated rings. The minimum atomic E-state index is -0.611. The van der Waals surface area contributed by atoms with Gasteiger partial charge in [-0.15, -0.1) is 0 Å². The van der Waals surface area contributed by atoms with E-state index >= 15 is 0 Å². The smallest absolute Gasteiger partial charge is 0.340 e. The molecule has 0 saturated heterocycles. The van der Waals surface area contributed by atoms with Crippen LogP contribution in [0.25, 0.3) is 5.82 Å². The molecule has 0 bridgehead atoms. The van der Waals surface area contributed by atoms with Crippen LogP contribution in [0.1, 0.15) is 48.1 Å². The Morgan fingerprint density at radius 1 is 1.07 bits per heavy atom. The van der Waals surface area contributed by atoms with Crippen LogP contribution in [0, 0.1) is 13.8 Å². The zero-order chi connectivity index (χ0) is 21.9. The largest absolute Gasteiger partial charge is 0.452 e. The Kier molecular flexibility index (Phi) is 6.01. The Hall–Kier alpha value is -3.48. The Balaban J connectivity index is 1.55. The number of nitrogens with zero attached hydrogens (tertiary/aromatic N) is 3. The highest BCUT2D eigenvalue weighted by Gasteiger charge is 2.14. The third kappa shape index (κ3) is 5.11. The van der Waals surface area contributed by atoms with E-state index in [4.69, 9.17) is 4.74 Å². The maximum absolute atomic E-state index is 12.2. The highest BCUT2D eigenvalue weighted by atomic mass is 16.5. The van der Waals surface area contributed by atoms with Crippen molar-refractivity contribution in [3.05, 3.63) is 71.2 Å². The number of aromatic nitrogens is 3. The predicted octanol–water partition coefficient (Wildman–Crippen LogP) is 3.98. The molecule has 3 rings (SSSR count). The number of carbonyl (C=O) groups excluding carboxylic acids is 2. The standard InChI is InChI=1S/C23H26N4O3/c1-15-12-16(2)27(26-15)20-11-6-17(13-24-20)22(29)30-14-21(28)25-19-9-7-18(8-10-19)23(3,4)5/h6-13H,14H2,1-5H3,(H,25,28). The lowest BCUT2D eigenvalue weighted by Gasteiger charge is -2.19. The molecule has 0 atom stereocenters. The number of amides is 1. The van der Waals surface area contributed by atoms with Gasteiger partial charge in [0.15, 0.2) is 12.4 Å². The van der Waals surface area contributed by atoms with Gasteiger partial charge in [0.1, 0.15) is 0 Å². The second kappa shape index (κ2) is 8.49. The topological polar surface area (TPSA) is 86.1 Å². The number of esters is 1. The van der Waals surface area contributed by atoms with Crippen molar-refractivity contribution >= 4 is 17.6 Å². The predicted molar refractivity (Wildman–Crippen MR) is 115 cm³/mol. The van der Waals surface area contributed by atoms with Crippen LogP contribution in [-0.2, 0) is 14.9 Å². The maximum Gasteiger partial charge on any atom is 0.340 e. The van der Waals surface area contributed by atoms with Crippen LogP contribution in [0.5, 0.6) is 0 Å². The van der Waals surface area contributed by atoms with Crippen molar-refractivity contribution in [2.24, 2.45) is 0 Å². The van der Waals surface area contributed by atoms with Crippen LogP contribution < -0.4 is 5.32 Å². The molecule has 0 spiro atoms. The fraction of sp³-hybridized carbons (Fsp3) is 0.304. The van der Waals surface area contributed by atoms with Gasteiger partial charge in [-0.3, -0.25) is 4.79 Å². The minimum Gasteiger partial charge on any atom is -0.452 e. The van der Waals surface area contributed by atoms with Gasteiger partial charge in [-0.2, -0.15) is 5.10 Å². The summed E-state index contributed by atoms with van der Waals surface area (Å²) in [6.07, 6.45) is 1.41. The second-order valence-corrected chi connectivity index (χ2v) is 8.20. The molecule has 3 aromatic rings. The first-order valence-corrected chi connectivity index (χ1v) is 9.71. The van der Waals surface area contributed by atoms with Gasteiger partial charge in [0.25, 0.3) is 5.91 Å². The van der Waals surface area contributed by atoms with Crippen LogP contribution in [-0.4, -0.2) is 33.2 Å². The summed E-state index contributed by atoms with van der Waals surface area (Å²) in [7, 11) is 0. The number of benzene rings is 1. The fourth-order valence-corrected chi connectivity index (χ4v) is 2.96. The molecule has 0 unspecified atom stereocenters. The van der Waals surface area contributed by atoms with Crippen LogP contribution >= 0.6 is 0 Å². The van der Waals surface area contributed by atoms with E-state index in [9.17, 15) is 9.59 Å². The first-order chi connectivity index (χ1) is 14.1. The Labute approximate surface area is 176 Å². The van der Waals surface area contributed by atoms with Gasteiger partial charge in [-0.05, 0) is 55.2 Å². The zero-order valence-corrected chi connectivity index (χ0v) is 17.9. The molecule has 0 aliphatic rings. The average molecular weight is 406 g/mol. The van der Waals surface area contributed by atoms with Gasteiger partial charge in [-0.1, -0.05) is 32.9 Å². The molecule has 1 amide bonds. The first-order valence-electron chi connectivity index (χ1n) is 9.71. The third-order valence-corrected chi connectivity index (χ3v) is 4.58. The monoisotopic (exact) mass is 406 g/mol. The molecule has 2 heterocycles. The van der Waals surface area contributed by atoms with E-state index < -0.39 is 11.9 Å². The number of carbonyl (C=O) groups is 2. The molecular weight excluding hydrogens is 380 g/mol. The van der Waals surface area contributed by atoms with Crippen LogP contribution in [0.2, 0.25) is 0 Å². The molecule has 0 aliphatic heterocycles. The van der Waals surface area contributed by atoms with E-state index in [1.807, 2.05) is 44.2 Å². The zero-order valence-electron chi connectivity index (χ0n) is 17.9. The molecule has 7 heteroatoms. The van der Waals surface area contributed by atoms with E-state index in [0.717, 1.165) is 11.4 Å². The van der Waals surface area contributed by atoms with Gasteiger partial charge in [0, 0.05) is 17.6 Å². The average Bonchev–Trinajstić information content (AvgIpc) is 3.04. The summed E-state index contributed by atoms with van der Waals surface area (Å²) >= 11 is 0. The Morgan fingerprint density at radius 2 is 1.77 bits per heavy atom. The van der Waals surface area contributed by atoms with Gasteiger partial charge in [0.2, 0.25) is 0 Å². The van der Waals surface area contributed by atoms with Gasteiger partial charge < -0.3 is 10.1 Å². The molecular formula is C23H26N4O3. The van der Waals surface area contributed by atoms with Crippen molar-refractivity contribution < 1.29 is 14.3 Å². The van der Waals surface area contributed by atoms with E-state index in [2.05, 4.69) is 36.2 Å². The normalized spacial score (nSPS) is 11.2. The molecule has 2 aromatic heterocycles. The summed E-state index contributed by atoms with van der Waals surface area (Å²) in [6, 6.07) is 12.8. The maximum atomic E-state index is 12.2. The number of ether oxygens (including phenoxy) is 1. The summed E-state index contributed by atoms with van der Waals surface area (Å²) in [4.78, 5) is 28.6. The van der Waals surface area contributed by atoms with Crippen molar-refractivity contribution in [2.75, 3.05) is 11.9 Å². The van der Waals surface area contributed by atoms with Gasteiger partial charge >= 0.3 is 5.97 Å². The molecule has 0 saturated carbocycles. The molecule has 1 aromatic carbocycles. The van der Waals surface area contributed by atoms with E-state index in [1.54, 1.807) is 16.8 Å². The van der Waals surface area contributed by atoms with Crippen molar-refractivity contribution in [1.82, 2.24) is 14.8 Å². The first kappa shape index (κ1) is 21.2. The molecule has 0 radical (unpaired) electrons. The lowest BCUT2D eigenvalue weighted by Crippen LogP contribution is -2.21. The number of anilines is 1. The van der Waals surface area contributed by atoms with Crippen molar-refractivity contribution in [3.63, 3.8) is 0 Å². The highest BCUT2D eigenvalue weighted by Crippen LogP contribution is 2.23. The fourth-order valence-electron chi connectivity index (χ4n) is 2.96. The summed E-state index contributed by atoms with van der Waals surface area (Å²) in [5, 5.41) is 7.08. The van der Waals surface area contributed by atoms with Crippen molar-refractivity contribution in [1.29, 1.82) is 0 Å². The van der Waals surface area contributed by atoms with E-state index in [1.165, 1.54) is 11.8 Å². The van der Waals surface area contributed by atoms with Crippen molar-refractivity contribution in [2.45, 2.75) is 40.0 Å². The summed E-state index contributed by atoms with van der Waals surface area (Å²) in [5.41, 5.74) is 3.96. The van der Waals surface area contributed by atoms with E-state index in [-0.39, 0.29) is 17.6 Å². The van der Waals surface area contributed by atoms with Crippen molar-refractivity contribution in [3.8, 4) is 5.82 Å². The van der Waals surface area contributed by atoms with Crippen LogP contribution in [0.4, 0.5) is 5.69 Å². The molecule has 7 nitrogen and oxygen atoms in total. The molecule has 156 valence electrons. The summed E-state index contributed by atoms with van der Waals surface area (Å²) < 4.78 is 6.80. The number of pyridine rings is 1. The lowest BCUT2D eigenvalue weighted by molar-refractivity contribution is -0.119. The minimum absolute atomic E-state index is 0.0383. The number of hydrogen-bond donors (Lipinski definition) is 1. The Bertz CT molecular complexity index is 1050. The van der Waals surface area contributed by atoms with Crippen LogP contribution in [0.15, 0.2) is 48.7 Å². The van der Waals surface area contributed by atoms with Crippen LogP contribution in [0.3, 0.4) is 0 Å². The number of hydrogen-bond acceptors (Lipinski definition) is 5. The second-order valence-electron chi connectivity index (χ2n) is 8.20. The number of rotatable bonds is 5. The Morgan fingerprint density at radius 3 is 2.30 bits per heavy atom. The summed E-state index contributed by atoms with van der Waals surface area (Å²) in [5.74, 6) is -0.409. The third-order valence-electron chi connectivity index (χ3n) is 4.58. The number of aryl methyl sites for hydroxylation is 2. The quantitative estimate of drug-likeness (QED) is 0.648. The summed E-state index contributed by atoms with van der Waals surface area (Å²) in [6.45, 7) is 9.83. The van der Waals surface area contributed by atoms with Gasteiger partial charge in [0.05, 0.1) is 11.3 Å².